The lowest BCUT2D eigenvalue weighted by atomic mass is 9.87. The molecular formula is C23H24N4O2S. The van der Waals surface area contributed by atoms with Gasteiger partial charge in [-0.1, -0.05) is 57.2 Å². The van der Waals surface area contributed by atoms with Crippen molar-refractivity contribution in [2.75, 3.05) is 4.72 Å². The van der Waals surface area contributed by atoms with Crippen LogP contribution in [0.1, 0.15) is 32.0 Å². The van der Waals surface area contributed by atoms with Crippen molar-refractivity contribution in [3.8, 4) is 5.69 Å². The molecule has 0 saturated carbocycles. The molecule has 2 heterocycles. The van der Waals surface area contributed by atoms with E-state index >= 15 is 0 Å². The molecule has 30 heavy (non-hydrogen) atoms. The van der Waals surface area contributed by atoms with Gasteiger partial charge in [0, 0.05) is 23.0 Å². The van der Waals surface area contributed by atoms with Crippen LogP contribution in [0.3, 0.4) is 0 Å². The van der Waals surface area contributed by atoms with Gasteiger partial charge in [0.2, 0.25) is 0 Å². The number of anilines is 1. The molecule has 0 aliphatic heterocycles. The SMILES string of the molecule is Cc1cc(NS(=O)(=O)c2ccc(C(C)(C)C)cc2)n(-c2cncc3ccccc23)n1. The Bertz CT molecular complexity index is 1310. The summed E-state index contributed by atoms with van der Waals surface area (Å²) in [5.74, 6) is 0.366. The Balaban J connectivity index is 1.74. The predicted molar refractivity (Wildman–Crippen MR) is 120 cm³/mol. The molecule has 0 aliphatic rings. The molecule has 7 heteroatoms. The number of hydrogen-bond donors (Lipinski definition) is 1. The summed E-state index contributed by atoms with van der Waals surface area (Å²) in [6.07, 6.45) is 3.46. The quantitative estimate of drug-likeness (QED) is 0.513. The number of fused-ring (bicyclic) bond motifs is 1. The van der Waals surface area contributed by atoms with Crippen LogP contribution in [0.15, 0.2) is 71.9 Å². The molecule has 0 unspecified atom stereocenters. The standard InChI is InChI=1S/C23H24N4O2S/c1-16-13-22(26-30(28,29)19-11-9-18(10-12-19)23(2,3)4)27(25-16)21-15-24-14-17-7-5-6-8-20(17)21/h5-15,26H,1-4H3. The minimum absolute atomic E-state index is 0.0488. The van der Waals surface area contributed by atoms with E-state index in [0.717, 1.165) is 16.3 Å². The third kappa shape index (κ3) is 3.80. The van der Waals surface area contributed by atoms with Crippen LogP contribution in [0.25, 0.3) is 16.5 Å². The Morgan fingerprint density at radius 2 is 1.67 bits per heavy atom. The molecule has 0 bridgehead atoms. The zero-order valence-corrected chi connectivity index (χ0v) is 18.2. The molecule has 1 N–H and O–H groups in total. The van der Waals surface area contributed by atoms with E-state index in [1.165, 1.54) is 0 Å². The number of nitrogens with one attached hydrogen (secondary N) is 1. The molecule has 0 atom stereocenters. The van der Waals surface area contributed by atoms with E-state index in [9.17, 15) is 8.42 Å². The van der Waals surface area contributed by atoms with Crippen molar-refractivity contribution in [3.63, 3.8) is 0 Å². The minimum atomic E-state index is -3.78. The van der Waals surface area contributed by atoms with Crippen molar-refractivity contribution >= 4 is 26.6 Å². The Hall–Kier alpha value is -3.19. The van der Waals surface area contributed by atoms with Gasteiger partial charge in [0.05, 0.1) is 22.5 Å². The van der Waals surface area contributed by atoms with Crippen LogP contribution in [0.5, 0.6) is 0 Å². The van der Waals surface area contributed by atoms with Crippen molar-refractivity contribution in [2.45, 2.75) is 38.0 Å². The van der Waals surface area contributed by atoms with Crippen LogP contribution in [0, 0.1) is 6.92 Å². The monoisotopic (exact) mass is 420 g/mol. The first-order valence-electron chi connectivity index (χ1n) is 9.68. The average molecular weight is 421 g/mol. The van der Waals surface area contributed by atoms with Crippen LogP contribution in [-0.4, -0.2) is 23.2 Å². The lowest BCUT2D eigenvalue weighted by Gasteiger charge is -2.19. The molecule has 2 aromatic heterocycles. The smallest absolute Gasteiger partial charge is 0.263 e. The molecule has 0 spiro atoms. The second kappa shape index (κ2) is 7.25. The third-order valence-corrected chi connectivity index (χ3v) is 6.35. The zero-order valence-electron chi connectivity index (χ0n) is 17.4. The topological polar surface area (TPSA) is 76.9 Å². The summed E-state index contributed by atoms with van der Waals surface area (Å²) < 4.78 is 30.4. The predicted octanol–water partition coefficient (Wildman–Crippen LogP) is 4.83. The number of sulfonamides is 1. The molecular weight excluding hydrogens is 396 g/mol. The van der Waals surface area contributed by atoms with Crippen molar-refractivity contribution in [3.05, 3.63) is 78.2 Å². The highest BCUT2D eigenvalue weighted by Crippen LogP contribution is 2.27. The van der Waals surface area contributed by atoms with E-state index in [4.69, 9.17) is 0 Å². The van der Waals surface area contributed by atoms with Gasteiger partial charge in [0.25, 0.3) is 10.0 Å². The van der Waals surface area contributed by atoms with E-state index in [1.54, 1.807) is 35.3 Å². The molecule has 0 fully saturated rings. The third-order valence-electron chi connectivity index (χ3n) is 4.98. The second-order valence-electron chi connectivity index (χ2n) is 8.34. The average Bonchev–Trinajstić information content (AvgIpc) is 3.06. The van der Waals surface area contributed by atoms with E-state index < -0.39 is 10.0 Å². The summed E-state index contributed by atoms with van der Waals surface area (Å²) in [4.78, 5) is 4.49. The van der Waals surface area contributed by atoms with Crippen molar-refractivity contribution < 1.29 is 8.42 Å². The summed E-state index contributed by atoms with van der Waals surface area (Å²) in [6.45, 7) is 8.10. The van der Waals surface area contributed by atoms with Gasteiger partial charge in [-0.15, -0.1) is 0 Å². The van der Waals surface area contributed by atoms with Crippen molar-refractivity contribution in [1.29, 1.82) is 0 Å². The van der Waals surface area contributed by atoms with Gasteiger partial charge in [-0.25, -0.2) is 13.1 Å². The van der Waals surface area contributed by atoms with Gasteiger partial charge in [0.1, 0.15) is 5.82 Å². The number of pyridine rings is 1. The first-order chi connectivity index (χ1) is 14.1. The first kappa shape index (κ1) is 20.1. The van der Waals surface area contributed by atoms with Gasteiger partial charge in [-0.2, -0.15) is 5.10 Å². The van der Waals surface area contributed by atoms with E-state index in [2.05, 4.69) is 35.6 Å². The molecule has 0 aliphatic carbocycles. The highest BCUT2D eigenvalue weighted by atomic mass is 32.2. The van der Waals surface area contributed by atoms with Gasteiger partial charge in [-0.3, -0.25) is 9.71 Å². The maximum atomic E-state index is 13.1. The molecule has 0 saturated heterocycles. The Kier molecular flexibility index (Phi) is 4.86. The van der Waals surface area contributed by atoms with Crippen molar-refractivity contribution in [2.24, 2.45) is 0 Å². The number of hydrogen-bond acceptors (Lipinski definition) is 4. The Morgan fingerprint density at radius 1 is 0.967 bits per heavy atom. The van der Waals surface area contributed by atoms with Crippen LogP contribution >= 0.6 is 0 Å². The number of benzene rings is 2. The summed E-state index contributed by atoms with van der Waals surface area (Å²) in [5, 5.41) is 6.39. The molecule has 0 radical (unpaired) electrons. The van der Waals surface area contributed by atoms with E-state index in [1.807, 2.05) is 43.3 Å². The molecule has 2 aromatic carbocycles. The number of aromatic nitrogens is 3. The summed E-state index contributed by atoms with van der Waals surface area (Å²) in [6, 6.07) is 16.5. The van der Waals surface area contributed by atoms with Crippen LogP contribution in [0.2, 0.25) is 0 Å². The largest absolute Gasteiger partial charge is 0.263 e. The van der Waals surface area contributed by atoms with Crippen molar-refractivity contribution in [1.82, 2.24) is 14.8 Å². The Morgan fingerprint density at radius 3 is 2.37 bits per heavy atom. The number of aryl methyl sites for hydroxylation is 1. The molecule has 6 nitrogen and oxygen atoms in total. The highest BCUT2D eigenvalue weighted by Gasteiger charge is 2.20. The summed E-state index contributed by atoms with van der Waals surface area (Å²) in [7, 11) is -3.78. The van der Waals surface area contributed by atoms with Gasteiger partial charge < -0.3 is 0 Å². The van der Waals surface area contributed by atoms with Gasteiger partial charge >= 0.3 is 0 Å². The van der Waals surface area contributed by atoms with Crippen LogP contribution in [0.4, 0.5) is 5.82 Å². The summed E-state index contributed by atoms with van der Waals surface area (Å²) in [5.41, 5.74) is 2.43. The first-order valence-corrected chi connectivity index (χ1v) is 11.2. The van der Waals surface area contributed by atoms with E-state index in [-0.39, 0.29) is 10.3 Å². The number of nitrogens with zero attached hydrogens (tertiary/aromatic N) is 3. The maximum absolute atomic E-state index is 13.1. The van der Waals surface area contributed by atoms with Gasteiger partial charge in [0.15, 0.2) is 0 Å². The maximum Gasteiger partial charge on any atom is 0.263 e. The lowest BCUT2D eigenvalue weighted by Crippen LogP contribution is -2.17. The zero-order chi connectivity index (χ0) is 21.5. The van der Waals surface area contributed by atoms with Crippen LogP contribution < -0.4 is 4.72 Å². The second-order valence-corrected chi connectivity index (χ2v) is 10.0. The highest BCUT2D eigenvalue weighted by molar-refractivity contribution is 7.92. The molecule has 4 aromatic rings. The molecule has 154 valence electrons. The fraction of sp³-hybridized carbons (Fsp3) is 0.217. The number of rotatable bonds is 4. The van der Waals surface area contributed by atoms with Crippen LogP contribution in [-0.2, 0) is 15.4 Å². The van der Waals surface area contributed by atoms with E-state index in [0.29, 0.717) is 17.2 Å². The Labute approximate surface area is 176 Å². The molecule has 4 rings (SSSR count). The lowest BCUT2D eigenvalue weighted by molar-refractivity contribution is 0.587. The molecule has 0 amide bonds. The minimum Gasteiger partial charge on any atom is -0.263 e. The fourth-order valence-electron chi connectivity index (χ4n) is 3.36. The fourth-order valence-corrected chi connectivity index (χ4v) is 4.39. The van der Waals surface area contributed by atoms with Gasteiger partial charge in [-0.05, 0) is 30.0 Å². The normalized spacial score (nSPS) is 12.3. The summed E-state index contributed by atoms with van der Waals surface area (Å²) >= 11 is 0.